The molecule has 4 nitrogen and oxygen atoms in total. The van der Waals surface area contributed by atoms with E-state index < -0.39 is 0 Å². The molecule has 1 aliphatic rings. The largest absolute Gasteiger partial charge is 0.370 e. The molecule has 4 heteroatoms. The van der Waals surface area contributed by atoms with Crippen molar-refractivity contribution in [2.75, 3.05) is 0 Å². The number of carbonyl (C=O) groups is 1. The number of nitrogens with zero attached hydrogens (tertiary/aromatic N) is 1. The number of rotatable bonds is 16. The first-order valence-corrected chi connectivity index (χ1v) is 11.2. The average Bonchev–Trinajstić information content (AvgIpc) is 3.09. The molecular weight excluding hydrogens is 322 g/mol. The first-order valence-electron chi connectivity index (χ1n) is 11.2. The molecule has 0 aromatic heterocycles. The lowest BCUT2D eigenvalue weighted by molar-refractivity contribution is -0.122. The van der Waals surface area contributed by atoms with Gasteiger partial charge in [-0.2, -0.15) is 0 Å². The first-order chi connectivity index (χ1) is 12.7. The van der Waals surface area contributed by atoms with Gasteiger partial charge in [0.2, 0.25) is 5.91 Å². The Morgan fingerprint density at radius 3 is 2.19 bits per heavy atom. The normalized spacial score (nSPS) is 17.3. The molecule has 0 spiro atoms. The van der Waals surface area contributed by atoms with Gasteiger partial charge in [0.25, 0.3) is 0 Å². The van der Waals surface area contributed by atoms with Gasteiger partial charge < -0.3 is 15.5 Å². The van der Waals surface area contributed by atoms with Gasteiger partial charge in [-0.3, -0.25) is 4.79 Å². The van der Waals surface area contributed by atoms with Gasteiger partial charge in [0.15, 0.2) is 0 Å². The van der Waals surface area contributed by atoms with E-state index in [0.717, 1.165) is 12.8 Å². The molecule has 1 aliphatic heterocycles. The van der Waals surface area contributed by atoms with Crippen LogP contribution in [0, 0.1) is 0 Å². The second kappa shape index (κ2) is 14.9. The van der Waals surface area contributed by atoms with E-state index in [1.54, 1.807) is 0 Å². The lowest BCUT2D eigenvalue weighted by Crippen LogP contribution is -2.49. The molecule has 2 atom stereocenters. The van der Waals surface area contributed by atoms with Crippen molar-refractivity contribution < 1.29 is 4.79 Å². The Kier molecular flexibility index (Phi) is 13.1. The molecule has 152 valence electrons. The van der Waals surface area contributed by atoms with Gasteiger partial charge in [-0.25, -0.2) is 0 Å². The fourth-order valence-corrected chi connectivity index (χ4v) is 3.63. The monoisotopic (exact) mass is 365 g/mol. The van der Waals surface area contributed by atoms with Crippen LogP contribution < -0.4 is 10.6 Å². The molecule has 2 N–H and O–H groups in total. The molecule has 26 heavy (non-hydrogen) atoms. The highest BCUT2D eigenvalue weighted by Gasteiger charge is 2.23. The number of amides is 1. The Morgan fingerprint density at radius 1 is 0.962 bits per heavy atom. The van der Waals surface area contributed by atoms with Crippen molar-refractivity contribution in [3.05, 3.63) is 12.4 Å². The Morgan fingerprint density at radius 2 is 1.54 bits per heavy atom. The number of unbranched alkanes of at least 4 members (excludes halogenated alkanes) is 10. The maximum absolute atomic E-state index is 12.2. The molecule has 0 aromatic rings. The summed E-state index contributed by atoms with van der Waals surface area (Å²) < 4.78 is 0. The van der Waals surface area contributed by atoms with Crippen molar-refractivity contribution in [1.29, 1.82) is 0 Å². The van der Waals surface area contributed by atoms with Gasteiger partial charge in [0.05, 0.1) is 12.3 Å². The summed E-state index contributed by atoms with van der Waals surface area (Å²) in [5.41, 5.74) is 0. The van der Waals surface area contributed by atoms with E-state index in [-0.39, 0.29) is 12.1 Å². The summed E-state index contributed by atoms with van der Waals surface area (Å²) in [5.74, 6) is 0.188. The third kappa shape index (κ3) is 10.1. The predicted molar refractivity (Wildman–Crippen MR) is 111 cm³/mol. The van der Waals surface area contributed by atoms with Crippen LogP contribution in [-0.2, 0) is 4.79 Å². The van der Waals surface area contributed by atoms with Crippen molar-refractivity contribution >= 4 is 5.91 Å². The van der Waals surface area contributed by atoms with Gasteiger partial charge >= 0.3 is 0 Å². The van der Waals surface area contributed by atoms with Crippen LogP contribution in [0.5, 0.6) is 0 Å². The highest BCUT2D eigenvalue weighted by atomic mass is 16.1. The molecule has 0 saturated carbocycles. The second-order valence-electron chi connectivity index (χ2n) is 7.76. The minimum atomic E-state index is 0.0546. The van der Waals surface area contributed by atoms with Gasteiger partial charge in [0, 0.05) is 18.8 Å². The van der Waals surface area contributed by atoms with Gasteiger partial charge in [0.1, 0.15) is 0 Å². The molecule has 1 amide bonds. The zero-order valence-electron chi connectivity index (χ0n) is 17.6. The van der Waals surface area contributed by atoms with E-state index in [1.165, 1.54) is 70.6 Å². The van der Waals surface area contributed by atoms with Gasteiger partial charge in [-0.15, -0.1) is 0 Å². The van der Waals surface area contributed by atoms with Crippen molar-refractivity contribution in [2.45, 2.75) is 123 Å². The lowest BCUT2D eigenvalue weighted by Gasteiger charge is -2.32. The average molecular weight is 366 g/mol. The molecule has 0 radical (unpaired) electrons. The van der Waals surface area contributed by atoms with Gasteiger partial charge in [-0.05, 0) is 26.2 Å². The SMILES string of the molecule is CCCCCCCCCCCC(=O)NC(C)N1C=CNC1CCCCC. The van der Waals surface area contributed by atoms with Crippen molar-refractivity contribution in [2.24, 2.45) is 0 Å². The summed E-state index contributed by atoms with van der Waals surface area (Å²) in [6.45, 7) is 6.57. The number of hydrogen-bond acceptors (Lipinski definition) is 3. The predicted octanol–water partition coefficient (Wildman–Crippen LogP) is 5.65. The van der Waals surface area contributed by atoms with Crippen molar-refractivity contribution in [3.63, 3.8) is 0 Å². The van der Waals surface area contributed by atoms with Crippen molar-refractivity contribution in [3.8, 4) is 0 Å². The summed E-state index contributed by atoms with van der Waals surface area (Å²) in [5, 5.41) is 6.56. The van der Waals surface area contributed by atoms with Crippen LogP contribution >= 0.6 is 0 Å². The summed E-state index contributed by atoms with van der Waals surface area (Å²) in [4.78, 5) is 14.4. The van der Waals surface area contributed by atoms with E-state index in [9.17, 15) is 4.79 Å². The quantitative estimate of drug-likeness (QED) is 0.347. The summed E-state index contributed by atoms with van der Waals surface area (Å²) in [6, 6.07) is 0. The third-order valence-electron chi connectivity index (χ3n) is 5.30. The Hall–Kier alpha value is -1.19. The van der Waals surface area contributed by atoms with E-state index in [0.29, 0.717) is 12.6 Å². The van der Waals surface area contributed by atoms with Crippen LogP contribution in [0.3, 0.4) is 0 Å². The summed E-state index contributed by atoms with van der Waals surface area (Å²) >= 11 is 0. The highest BCUT2D eigenvalue weighted by Crippen LogP contribution is 2.15. The number of nitrogens with one attached hydrogen (secondary N) is 2. The molecule has 0 aromatic carbocycles. The molecule has 0 fully saturated rings. The standard InChI is InChI=1S/C22H43N3O/c1-4-6-8-9-10-11-12-13-15-17-22(26)24-20(3)25-19-18-23-21(25)16-14-7-5-2/h18-21,23H,4-17H2,1-3H3,(H,24,26). The smallest absolute Gasteiger partial charge is 0.221 e. The lowest BCUT2D eigenvalue weighted by atomic mass is 10.1. The minimum Gasteiger partial charge on any atom is -0.370 e. The molecule has 1 heterocycles. The molecule has 0 aliphatic carbocycles. The van der Waals surface area contributed by atoms with E-state index >= 15 is 0 Å². The van der Waals surface area contributed by atoms with Crippen LogP contribution in [0.15, 0.2) is 12.4 Å². The van der Waals surface area contributed by atoms with Crippen LogP contribution in [0.1, 0.15) is 111 Å². The van der Waals surface area contributed by atoms with E-state index in [2.05, 4.69) is 42.5 Å². The van der Waals surface area contributed by atoms with E-state index in [1.807, 2.05) is 6.20 Å². The summed E-state index contributed by atoms with van der Waals surface area (Å²) in [6.07, 6.45) is 21.6. The molecular formula is C22H43N3O. The van der Waals surface area contributed by atoms with Crippen LogP contribution in [-0.4, -0.2) is 23.1 Å². The molecule has 1 rings (SSSR count). The zero-order valence-corrected chi connectivity index (χ0v) is 17.6. The van der Waals surface area contributed by atoms with Crippen LogP contribution in [0.2, 0.25) is 0 Å². The molecule has 0 saturated heterocycles. The second-order valence-corrected chi connectivity index (χ2v) is 7.76. The number of carbonyl (C=O) groups excluding carboxylic acids is 1. The summed E-state index contributed by atoms with van der Waals surface area (Å²) in [7, 11) is 0. The molecule has 2 unspecified atom stereocenters. The Labute approximate surface area is 162 Å². The number of hydrogen-bond donors (Lipinski definition) is 2. The minimum absolute atomic E-state index is 0.0546. The van der Waals surface area contributed by atoms with E-state index in [4.69, 9.17) is 0 Å². The third-order valence-corrected chi connectivity index (χ3v) is 5.30. The highest BCUT2D eigenvalue weighted by molar-refractivity contribution is 5.76. The fourth-order valence-electron chi connectivity index (χ4n) is 3.63. The zero-order chi connectivity index (χ0) is 19.0. The van der Waals surface area contributed by atoms with Crippen molar-refractivity contribution in [1.82, 2.24) is 15.5 Å². The maximum Gasteiger partial charge on any atom is 0.221 e. The van der Waals surface area contributed by atoms with Gasteiger partial charge in [-0.1, -0.05) is 78.1 Å². The first kappa shape index (κ1) is 22.9. The topological polar surface area (TPSA) is 44.4 Å². The Balaban J connectivity index is 2.07. The fraction of sp³-hybridized carbons (Fsp3) is 0.864. The maximum atomic E-state index is 12.2. The van der Waals surface area contributed by atoms with Crippen LogP contribution in [0.25, 0.3) is 0 Å². The molecule has 0 bridgehead atoms. The Bertz CT molecular complexity index is 384. The van der Waals surface area contributed by atoms with Crippen LogP contribution in [0.4, 0.5) is 0 Å².